The number of aliphatic imine (C=N–C) groups is 1. The van der Waals surface area contributed by atoms with Crippen molar-refractivity contribution in [3.05, 3.63) is 0 Å². The molecular weight excluding hydrogens is 340 g/mol. The summed E-state index contributed by atoms with van der Waals surface area (Å²) in [4.78, 5) is 6.39. The molecule has 1 saturated carbocycles. The van der Waals surface area contributed by atoms with Gasteiger partial charge in [-0.15, -0.1) is 0 Å². The van der Waals surface area contributed by atoms with Gasteiger partial charge in [-0.1, -0.05) is 25.7 Å². The van der Waals surface area contributed by atoms with E-state index < -0.39 is 9.84 Å². The van der Waals surface area contributed by atoms with Crippen LogP contribution in [0.5, 0.6) is 0 Å². The van der Waals surface area contributed by atoms with Crippen molar-refractivity contribution in [3.8, 4) is 0 Å². The molecule has 2 aliphatic rings. The minimum absolute atomic E-state index is 0.276. The average Bonchev–Trinajstić information content (AvgIpc) is 2.87. The summed E-state index contributed by atoms with van der Waals surface area (Å²) in [6.07, 6.45) is 8.08. The van der Waals surface area contributed by atoms with Crippen LogP contribution in [-0.4, -0.2) is 83.3 Å². The highest BCUT2D eigenvalue weighted by atomic mass is 32.2. The third-order valence-corrected chi connectivity index (χ3v) is 6.54. The van der Waals surface area contributed by atoms with Crippen molar-refractivity contribution < 1.29 is 13.2 Å². The predicted octanol–water partition coefficient (Wildman–Crippen LogP) is 0.621. The molecule has 1 heterocycles. The van der Waals surface area contributed by atoms with Gasteiger partial charge in [0.1, 0.15) is 0 Å². The number of hydrogen-bond donors (Lipinski definition) is 2. The summed E-state index contributed by atoms with van der Waals surface area (Å²) in [7, 11) is -1.04. The van der Waals surface area contributed by atoms with Crippen LogP contribution in [0.2, 0.25) is 0 Å². The van der Waals surface area contributed by atoms with E-state index in [1.165, 1.54) is 38.5 Å². The van der Waals surface area contributed by atoms with Crippen molar-refractivity contribution in [2.75, 3.05) is 57.9 Å². The predicted molar refractivity (Wildman–Crippen MR) is 102 cm³/mol. The van der Waals surface area contributed by atoms with E-state index in [9.17, 15) is 8.42 Å². The van der Waals surface area contributed by atoms with Crippen LogP contribution >= 0.6 is 0 Å². The molecule has 1 aliphatic heterocycles. The van der Waals surface area contributed by atoms with E-state index in [1.54, 1.807) is 7.05 Å². The van der Waals surface area contributed by atoms with Crippen LogP contribution < -0.4 is 10.6 Å². The zero-order chi connectivity index (χ0) is 18.0. The quantitative estimate of drug-likeness (QED) is 0.294. The maximum absolute atomic E-state index is 11.4. The molecule has 2 fully saturated rings. The van der Waals surface area contributed by atoms with Crippen LogP contribution in [0.1, 0.15) is 38.5 Å². The first-order valence-corrected chi connectivity index (χ1v) is 11.4. The highest BCUT2D eigenvalue weighted by Crippen LogP contribution is 2.19. The van der Waals surface area contributed by atoms with Crippen LogP contribution in [0.4, 0.5) is 0 Å². The van der Waals surface area contributed by atoms with Gasteiger partial charge in [-0.2, -0.15) is 0 Å². The Balaban J connectivity index is 1.53. The van der Waals surface area contributed by atoms with E-state index in [2.05, 4.69) is 20.5 Å². The number of ether oxygens (including phenoxy) is 1. The Morgan fingerprint density at radius 1 is 1.08 bits per heavy atom. The molecule has 0 bridgehead atoms. The van der Waals surface area contributed by atoms with Crippen LogP contribution in [0, 0.1) is 0 Å². The molecule has 0 amide bonds. The Morgan fingerprint density at radius 2 is 1.72 bits per heavy atom. The molecule has 2 N–H and O–H groups in total. The number of guanidine groups is 1. The van der Waals surface area contributed by atoms with Crippen molar-refractivity contribution in [2.24, 2.45) is 4.99 Å². The van der Waals surface area contributed by atoms with Crippen molar-refractivity contribution in [2.45, 2.75) is 44.6 Å². The van der Waals surface area contributed by atoms with Crippen LogP contribution in [0.3, 0.4) is 0 Å². The van der Waals surface area contributed by atoms with Gasteiger partial charge in [0.05, 0.1) is 24.2 Å². The average molecular weight is 375 g/mol. The summed E-state index contributed by atoms with van der Waals surface area (Å²) in [6.45, 7) is 4.29. The maximum atomic E-state index is 11.4. The second kappa shape index (κ2) is 11.0. The van der Waals surface area contributed by atoms with E-state index >= 15 is 0 Å². The van der Waals surface area contributed by atoms with E-state index in [-0.39, 0.29) is 11.5 Å². The molecule has 146 valence electrons. The summed E-state index contributed by atoms with van der Waals surface area (Å²) < 4.78 is 28.8. The summed E-state index contributed by atoms with van der Waals surface area (Å²) in [6, 6.07) is 0. The molecule has 0 aromatic rings. The lowest BCUT2D eigenvalue weighted by molar-refractivity contribution is 0.0468. The standard InChI is InChI=1S/C17H34N4O3S/c1-18-17(19-8-10-21-11-14-25(22,23)15-12-21)20-9-13-24-16-6-4-2-3-5-7-16/h16H,2-15H2,1H3,(H2,18,19,20). The second-order valence-electron chi connectivity index (χ2n) is 6.90. The Kier molecular flexibility index (Phi) is 8.98. The minimum Gasteiger partial charge on any atom is -0.376 e. The van der Waals surface area contributed by atoms with Crippen LogP contribution in [-0.2, 0) is 14.6 Å². The third kappa shape index (κ3) is 8.37. The first kappa shape index (κ1) is 20.5. The van der Waals surface area contributed by atoms with Gasteiger partial charge in [0.25, 0.3) is 0 Å². The van der Waals surface area contributed by atoms with Gasteiger partial charge in [-0.05, 0) is 12.8 Å². The molecule has 1 aliphatic carbocycles. The van der Waals surface area contributed by atoms with E-state index in [0.29, 0.717) is 25.8 Å². The number of sulfone groups is 1. The summed E-state index contributed by atoms with van der Waals surface area (Å²) in [5.41, 5.74) is 0. The molecule has 8 heteroatoms. The minimum atomic E-state index is -2.80. The van der Waals surface area contributed by atoms with Gasteiger partial charge in [0.2, 0.25) is 0 Å². The first-order chi connectivity index (χ1) is 12.1. The second-order valence-corrected chi connectivity index (χ2v) is 9.21. The van der Waals surface area contributed by atoms with Gasteiger partial charge in [-0.25, -0.2) is 8.42 Å². The zero-order valence-electron chi connectivity index (χ0n) is 15.5. The van der Waals surface area contributed by atoms with E-state index in [1.807, 2.05) is 0 Å². The van der Waals surface area contributed by atoms with Crippen LogP contribution in [0.15, 0.2) is 4.99 Å². The normalized spacial score (nSPS) is 23.2. The fourth-order valence-electron chi connectivity index (χ4n) is 3.33. The van der Waals surface area contributed by atoms with Gasteiger partial charge >= 0.3 is 0 Å². The summed E-state index contributed by atoms with van der Waals surface area (Å²) in [5, 5.41) is 6.55. The van der Waals surface area contributed by atoms with Gasteiger partial charge < -0.3 is 15.4 Å². The largest absolute Gasteiger partial charge is 0.376 e. The van der Waals surface area contributed by atoms with E-state index in [4.69, 9.17) is 4.74 Å². The Morgan fingerprint density at radius 3 is 2.36 bits per heavy atom. The molecule has 1 saturated heterocycles. The fourth-order valence-corrected chi connectivity index (χ4v) is 4.61. The lowest BCUT2D eigenvalue weighted by atomic mass is 10.1. The maximum Gasteiger partial charge on any atom is 0.191 e. The number of hydrogen-bond acceptors (Lipinski definition) is 5. The molecule has 0 aromatic heterocycles. The molecule has 7 nitrogen and oxygen atoms in total. The molecule has 2 rings (SSSR count). The molecule has 0 spiro atoms. The monoisotopic (exact) mass is 374 g/mol. The SMILES string of the molecule is CN=C(NCCOC1CCCCCC1)NCCN1CCS(=O)(=O)CC1. The molecule has 0 unspecified atom stereocenters. The third-order valence-electron chi connectivity index (χ3n) is 4.93. The van der Waals surface area contributed by atoms with E-state index in [0.717, 1.165) is 25.6 Å². The highest BCUT2D eigenvalue weighted by molar-refractivity contribution is 7.91. The Hall–Kier alpha value is -0.860. The van der Waals surface area contributed by atoms with Crippen molar-refractivity contribution in [1.29, 1.82) is 0 Å². The number of nitrogens with one attached hydrogen (secondary N) is 2. The molecule has 0 aromatic carbocycles. The van der Waals surface area contributed by atoms with Crippen molar-refractivity contribution in [3.63, 3.8) is 0 Å². The summed E-state index contributed by atoms with van der Waals surface area (Å²) >= 11 is 0. The Bertz CT molecular complexity index is 488. The molecular formula is C17H34N4O3S. The topological polar surface area (TPSA) is 83.0 Å². The first-order valence-electron chi connectivity index (χ1n) is 9.58. The van der Waals surface area contributed by atoms with Gasteiger partial charge in [-0.3, -0.25) is 9.89 Å². The van der Waals surface area contributed by atoms with Crippen molar-refractivity contribution in [1.82, 2.24) is 15.5 Å². The van der Waals surface area contributed by atoms with Crippen LogP contribution in [0.25, 0.3) is 0 Å². The number of rotatable bonds is 7. The lowest BCUT2D eigenvalue weighted by Gasteiger charge is -2.26. The smallest absolute Gasteiger partial charge is 0.191 e. The highest BCUT2D eigenvalue weighted by Gasteiger charge is 2.20. The molecule has 0 atom stereocenters. The zero-order valence-corrected chi connectivity index (χ0v) is 16.3. The van der Waals surface area contributed by atoms with Gasteiger partial charge in [0, 0.05) is 39.8 Å². The number of nitrogens with zero attached hydrogens (tertiary/aromatic N) is 2. The Labute approximate surface area is 152 Å². The molecule has 0 radical (unpaired) electrons. The lowest BCUT2D eigenvalue weighted by Crippen LogP contribution is -2.46. The van der Waals surface area contributed by atoms with Crippen molar-refractivity contribution >= 4 is 15.8 Å². The summed E-state index contributed by atoms with van der Waals surface area (Å²) in [5.74, 6) is 1.32. The van der Waals surface area contributed by atoms with Gasteiger partial charge in [0.15, 0.2) is 15.8 Å². The molecule has 25 heavy (non-hydrogen) atoms. The fraction of sp³-hybridized carbons (Fsp3) is 0.941.